The van der Waals surface area contributed by atoms with Gasteiger partial charge in [-0.2, -0.15) is 5.10 Å². The fourth-order valence-corrected chi connectivity index (χ4v) is 1.68. The number of aromatic nitrogens is 4. The molecule has 0 saturated heterocycles. The van der Waals surface area contributed by atoms with Crippen molar-refractivity contribution in [2.24, 2.45) is 5.73 Å². The van der Waals surface area contributed by atoms with E-state index in [1.54, 1.807) is 12.4 Å². The lowest BCUT2D eigenvalue weighted by Gasteiger charge is -2.08. The highest BCUT2D eigenvalue weighted by Crippen LogP contribution is 2.07. The van der Waals surface area contributed by atoms with E-state index >= 15 is 0 Å². The Morgan fingerprint density at radius 2 is 2.22 bits per heavy atom. The molecule has 2 aromatic heterocycles. The average molecular weight is 262 g/mol. The molecule has 0 atom stereocenters. The van der Waals surface area contributed by atoms with Crippen LogP contribution in [0.2, 0.25) is 0 Å². The molecule has 94 valence electrons. The molecule has 0 saturated carbocycles. The number of aryl methyl sites for hydroxylation is 1. The quantitative estimate of drug-likeness (QED) is 0.773. The van der Waals surface area contributed by atoms with E-state index in [4.69, 9.17) is 18.0 Å². The van der Waals surface area contributed by atoms with Gasteiger partial charge < -0.3 is 11.1 Å². The van der Waals surface area contributed by atoms with Gasteiger partial charge in [0, 0.05) is 25.1 Å². The molecule has 0 unspecified atom stereocenters. The van der Waals surface area contributed by atoms with Crippen LogP contribution in [0.4, 0.5) is 5.82 Å². The van der Waals surface area contributed by atoms with Crippen LogP contribution in [0.25, 0.3) is 0 Å². The molecule has 2 heterocycles. The first-order chi connectivity index (χ1) is 8.66. The number of nitrogens with two attached hydrogens (primary N) is 1. The van der Waals surface area contributed by atoms with E-state index in [9.17, 15) is 0 Å². The third-order valence-corrected chi connectivity index (χ3v) is 2.52. The van der Waals surface area contributed by atoms with Gasteiger partial charge in [0.05, 0.1) is 12.7 Å². The number of nitrogens with zero attached hydrogens (tertiary/aromatic N) is 4. The minimum atomic E-state index is 0.237. The molecule has 2 rings (SSSR count). The van der Waals surface area contributed by atoms with Crippen LogP contribution in [0.5, 0.6) is 0 Å². The number of nitrogens with one attached hydrogen (secondary N) is 1. The Morgan fingerprint density at radius 3 is 2.89 bits per heavy atom. The second kappa shape index (κ2) is 5.54. The first-order valence-electron chi connectivity index (χ1n) is 5.50. The fraction of sp³-hybridized carbons (Fsp3) is 0.273. The molecular weight excluding hydrogens is 248 g/mol. The van der Waals surface area contributed by atoms with Gasteiger partial charge in [-0.05, 0) is 12.5 Å². The molecule has 2 aromatic rings. The van der Waals surface area contributed by atoms with Crippen molar-refractivity contribution >= 4 is 23.0 Å². The molecule has 0 aliphatic heterocycles. The van der Waals surface area contributed by atoms with Crippen molar-refractivity contribution in [1.82, 2.24) is 19.7 Å². The molecule has 0 fully saturated rings. The molecule has 0 bridgehead atoms. The first kappa shape index (κ1) is 12.4. The third kappa shape index (κ3) is 3.01. The van der Waals surface area contributed by atoms with Crippen molar-refractivity contribution in [3.8, 4) is 0 Å². The minimum Gasteiger partial charge on any atom is -0.388 e. The van der Waals surface area contributed by atoms with E-state index in [1.807, 2.05) is 24.0 Å². The highest BCUT2D eigenvalue weighted by atomic mass is 32.1. The van der Waals surface area contributed by atoms with E-state index in [0.29, 0.717) is 18.1 Å². The highest BCUT2D eigenvalue weighted by molar-refractivity contribution is 7.80. The smallest absolute Gasteiger partial charge is 0.155 e. The van der Waals surface area contributed by atoms with Crippen molar-refractivity contribution in [3.05, 3.63) is 36.0 Å². The zero-order valence-corrected chi connectivity index (χ0v) is 10.8. The van der Waals surface area contributed by atoms with Gasteiger partial charge in [0.2, 0.25) is 0 Å². The Balaban J connectivity index is 1.96. The van der Waals surface area contributed by atoms with Crippen LogP contribution in [-0.4, -0.2) is 31.3 Å². The minimum absolute atomic E-state index is 0.237. The van der Waals surface area contributed by atoms with Crippen LogP contribution in [0.15, 0.2) is 24.8 Å². The Bertz CT molecular complexity index is 550. The van der Waals surface area contributed by atoms with Crippen LogP contribution in [0.3, 0.4) is 0 Å². The van der Waals surface area contributed by atoms with Crippen molar-refractivity contribution in [1.29, 1.82) is 0 Å². The predicted molar refractivity (Wildman–Crippen MR) is 73.4 cm³/mol. The summed E-state index contributed by atoms with van der Waals surface area (Å²) in [6.45, 7) is 3.42. The standard InChI is InChI=1S/C11H14N6S/c1-8-6-16-17(7-8)5-4-15-11-9(10(12)18)13-2-3-14-11/h2-3,6-7H,4-5H2,1H3,(H2,12,18)(H,14,15). The summed E-state index contributed by atoms with van der Waals surface area (Å²) >= 11 is 4.91. The fourth-order valence-electron chi connectivity index (χ4n) is 1.53. The van der Waals surface area contributed by atoms with Gasteiger partial charge in [0.25, 0.3) is 0 Å². The monoisotopic (exact) mass is 262 g/mol. The number of hydrogen-bond acceptors (Lipinski definition) is 5. The number of thiocarbonyl (C=S) groups is 1. The lowest BCUT2D eigenvalue weighted by molar-refractivity contribution is 0.636. The van der Waals surface area contributed by atoms with E-state index in [0.717, 1.165) is 12.1 Å². The number of anilines is 1. The topological polar surface area (TPSA) is 81.7 Å². The molecule has 7 heteroatoms. The summed E-state index contributed by atoms with van der Waals surface area (Å²) in [6.07, 6.45) is 6.97. The molecular formula is C11H14N6S. The summed E-state index contributed by atoms with van der Waals surface area (Å²) in [5.74, 6) is 0.605. The molecule has 0 aliphatic rings. The van der Waals surface area contributed by atoms with E-state index in [-0.39, 0.29) is 4.99 Å². The maximum atomic E-state index is 5.57. The van der Waals surface area contributed by atoms with Gasteiger partial charge in [-0.1, -0.05) is 12.2 Å². The highest BCUT2D eigenvalue weighted by Gasteiger charge is 2.06. The van der Waals surface area contributed by atoms with Crippen molar-refractivity contribution in [2.75, 3.05) is 11.9 Å². The number of rotatable bonds is 5. The van der Waals surface area contributed by atoms with Gasteiger partial charge in [0.1, 0.15) is 10.7 Å². The second-order valence-corrected chi connectivity index (χ2v) is 4.27. The second-order valence-electron chi connectivity index (χ2n) is 3.83. The molecule has 0 radical (unpaired) electrons. The summed E-state index contributed by atoms with van der Waals surface area (Å²) in [7, 11) is 0. The van der Waals surface area contributed by atoms with Crippen molar-refractivity contribution in [3.63, 3.8) is 0 Å². The summed E-state index contributed by atoms with van der Waals surface area (Å²) in [6, 6.07) is 0. The lowest BCUT2D eigenvalue weighted by atomic mass is 10.4. The van der Waals surface area contributed by atoms with Crippen molar-refractivity contribution in [2.45, 2.75) is 13.5 Å². The third-order valence-electron chi connectivity index (χ3n) is 2.33. The van der Waals surface area contributed by atoms with Crippen molar-refractivity contribution < 1.29 is 0 Å². The van der Waals surface area contributed by atoms with Gasteiger partial charge in [-0.3, -0.25) is 4.68 Å². The molecule has 18 heavy (non-hydrogen) atoms. The van der Waals surface area contributed by atoms with E-state index in [1.165, 1.54) is 0 Å². The molecule has 0 spiro atoms. The zero-order valence-electron chi connectivity index (χ0n) is 10.00. The zero-order chi connectivity index (χ0) is 13.0. The maximum Gasteiger partial charge on any atom is 0.155 e. The van der Waals surface area contributed by atoms with Gasteiger partial charge in [-0.25, -0.2) is 9.97 Å². The Hall–Kier alpha value is -2.02. The van der Waals surface area contributed by atoms with Gasteiger partial charge in [-0.15, -0.1) is 0 Å². The summed E-state index contributed by atoms with van der Waals surface area (Å²) < 4.78 is 1.86. The van der Waals surface area contributed by atoms with Gasteiger partial charge in [0.15, 0.2) is 5.82 Å². The molecule has 0 aliphatic carbocycles. The Morgan fingerprint density at radius 1 is 1.44 bits per heavy atom. The van der Waals surface area contributed by atoms with Crippen LogP contribution in [0.1, 0.15) is 11.3 Å². The van der Waals surface area contributed by atoms with E-state index in [2.05, 4.69) is 20.4 Å². The summed E-state index contributed by atoms with van der Waals surface area (Å²) in [4.78, 5) is 8.50. The van der Waals surface area contributed by atoms with E-state index < -0.39 is 0 Å². The Kier molecular flexibility index (Phi) is 3.83. The predicted octanol–water partition coefficient (Wildman–Crippen LogP) is 0.728. The largest absolute Gasteiger partial charge is 0.388 e. The lowest BCUT2D eigenvalue weighted by Crippen LogP contribution is -2.18. The summed E-state index contributed by atoms with van der Waals surface area (Å²) in [5.41, 5.74) is 7.23. The van der Waals surface area contributed by atoms with Crippen LogP contribution in [-0.2, 0) is 6.54 Å². The molecule has 6 nitrogen and oxygen atoms in total. The molecule has 0 aromatic carbocycles. The van der Waals surface area contributed by atoms with Crippen LogP contribution in [0, 0.1) is 6.92 Å². The average Bonchev–Trinajstić information content (AvgIpc) is 2.75. The SMILES string of the molecule is Cc1cnn(CCNc2nccnc2C(N)=S)c1. The number of hydrogen-bond donors (Lipinski definition) is 2. The van der Waals surface area contributed by atoms with Crippen LogP contribution >= 0.6 is 12.2 Å². The first-order valence-corrected chi connectivity index (χ1v) is 5.91. The van der Waals surface area contributed by atoms with Crippen LogP contribution < -0.4 is 11.1 Å². The molecule has 0 amide bonds. The molecule has 3 N–H and O–H groups in total. The van der Waals surface area contributed by atoms with Gasteiger partial charge >= 0.3 is 0 Å². The normalized spacial score (nSPS) is 10.3. The summed E-state index contributed by atoms with van der Waals surface area (Å²) in [5, 5.41) is 7.35. The maximum absolute atomic E-state index is 5.57. The Labute approximate surface area is 110 Å².